The van der Waals surface area contributed by atoms with Gasteiger partial charge in [-0.25, -0.2) is 4.98 Å². The Labute approximate surface area is 131 Å². The summed E-state index contributed by atoms with van der Waals surface area (Å²) >= 11 is 0. The zero-order valence-corrected chi connectivity index (χ0v) is 13.4. The third-order valence-corrected chi connectivity index (χ3v) is 3.60. The van der Waals surface area contributed by atoms with Crippen LogP contribution in [0.2, 0.25) is 0 Å². The normalized spacial score (nSPS) is 13.4. The molecule has 1 unspecified atom stereocenters. The SMILES string of the molecule is CC(C)(C)OC(Cn1ccnc1)c1cccc2ccccc12. The van der Waals surface area contributed by atoms with Gasteiger partial charge in [-0.15, -0.1) is 0 Å². The Morgan fingerprint density at radius 3 is 2.59 bits per heavy atom. The van der Waals surface area contributed by atoms with Crippen molar-refractivity contribution in [2.45, 2.75) is 39.0 Å². The molecule has 3 aromatic rings. The average Bonchev–Trinajstić information content (AvgIpc) is 2.97. The summed E-state index contributed by atoms with van der Waals surface area (Å²) in [4.78, 5) is 4.14. The largest absolute Gasteiger partial charge is 0.366 e. The molecule has 0 aliphatic heterocycles. The number of rotatable bonds is 4. The lowest BCUT2D eigenvalue weighted by atomic mass is 9.99. The minimum Gasteiger partial charge on any atom is -0.366 e. The lowest BCUT2D eigenvalue weighted by Gasteiger charge is -2.29. The molecule has 114 valence electrons. The number of hydrogen-bond donors (Lipinski definition) is 0. The van der Waals surface area contributed by atoms with E-state index in [9.17, 15) is 0 Å². The highest BCUT2D eigenvalue weighted by molar-refractivity contribution is 5.85. The summed E-state index contributed by atoms with van der Waals surface area (Å²) in [5, 5.41) is 2.49. The first-order valence-electron chi connectivity index (χ1n) is 7.64. The highest BCUT2D eigenvalue weighted by Gasteiger charge is 2.22. The first-order chi connectivity index (χ1) is 10.5. The standard InChI is InChI=1S/C19H22N2O/c1-19(2,3)22-18(13-21-12-11-20-14-21)17-10-6-8-15-7-4-5-9-16(15)17/h4-12,14,18H,13H2,1-3H3. The lowest BCUT2D eigenvalue weighted by Crippen LogP contribution is -2.25. The molecule has 0 bridgehead atoms. The van der Waals surface area contributed by atoms with Gasteiger partial charge in [0.1, 0.15) is 6.10 Å². The predicted octanol–water partition coefficient (Wildman–Crippen LogP) is 4.59. The van der Waals surface area contributed by atoms with Gasteiger partial charge >= 0.3 is 0 Å². The molecule has 2 aromatic carbocycles. The van der Waals surface area contributed by atoms with Crippen LogP contribution in [0.1, 0.15) is 32.4 Å². The van der Waals surface area contributed by atoms with Crippen LogP contribution >= 0.6 is 0 Å². The predicted molar refractivity (Wildman–Crippen MR) is 89.8 cm³/mol. The van der Waals surface area contributed by atoms with Crippen LogP contribution in [0.3, 0.4) is 0 Å². The maximum atomic E-state index is 6.36. The van der Waals surface area contributed by atoms with Crippen molar-refractivity contribution in [1.82, 2.24) is 9.55 Å². The topological polar surface area (TPSA) is 27.1 Å². The first kappa shape index (κ1) is 14.8. The Bertz CT molecular complexity index is 736. The third-order valence-electron chi connectivity index (χ3n) is 3.60. The van der Waals surface area contributed by atoms with E-state index in [2.05, 4.69) is 72.8 Å². The highest BCUT2D eigenvalue weighted by atomic mass is 16.5. The molecule has 3 rings (SSSR count). The molecule has 0 aliphatic carbocycles. The molecule has 0 spiro atoms. The zero-order valence-electron chi connectivity index (χ0n) is 13.4. The number of imidazole rings is 1. The van der Waals surface area contributed by atoms with Crippen LogP contribution < -0.4 is 0 Å². The summed E-state index contributed by atoms with van der Waals surface area (Å²) in [6, 6.07) is 14.9. The molecule has 0 N–H and O–H groups in total. The van der Waals surface area contributed by atoms with Gasteiger partial charge in [0.15, 0.2) is 0 Å². The lowest BCUT2D eigenvalue weighted by molar-refractivity contribution is -0.0680. The second-order valence-corrected chi connectivity index (χ2v) is 6.55. The van der Waals surface area contributed by atoms with E-state index in [4.69, 9.17) is 4.74 Å². The van der Waals surface area contributed by atoms with E-state index in [1.54, 1.807) is 6.20 Å². The summed E-state index contributed by atoms with van der Waals surface area (Å²) < 4.78 is 8.42. The zero-order chi connectivity index (χ0) is 15.6. The molecule has 0 saturated heterocycles. The minimum atomic E-state index is -0.206. The van der Waals surface area contributed by atoms with Crippen LogP contribution in [0.5, 0.6) is 0 Å². The van der Waals surface area contributed by atoms with Gasteiger partial charge in [0, 0.05) is 12.4 Å². The third kappa shape index (κ3) is 3.37. The van der Waals surface area contributed by atoms with Gasteiger partial charge in [0.25, 0.3) is 0 Å². The fourth-order valence-electron chi connectivity index (χ4n) is 2.74. The number of aromatic nitrogens is 2. The van der Waals surface area contributed by atoms with Crippen LogP contribution in [-0.2, 0) is 11.3 Å². The molecular weight excluding hydrogens is 272 g/mol. The molecule has 0 fully saturated rings. The minimum absolute atomic E-state index is 0.0136. The summed E-state index contributed by atoms with van der Waals surface area (Å²) in [6.45, 7) is 7.04. The smallest absolute Gasteiger partial charge is 0.102 e. The van der Waals surface area contributed by atoms with E-state index in [0.717, 1.165) is 6.54 Å². The quantitative estimate of drug-likeness (QED) is 0.703. The molecule has 3 heteroatoms. The Morgan fingerprint density at radius 2 is 1.86 bits per heavy atom. The molecule has 0 aliphatic rings. The van der Waals surface area contributed by atoms with Gasteiger partial charge in [0.05, 0.1) is 18.5 Å². The van der Waals surface area contributed by atoms with Gasteiger partial charge in [-0.1, -0.05) is 42.5 Å². The van der Waals surface area contributed by atoms with Crippen molar-refractivity contribution in [2.75, 3.05) is 0 Å². The van der Waals surface area contributed by atoms with Crippen molar-refractivity contribution in [3.63, 3.8) is 0 Å². The van der Waals surface area contributed by atoms with E-state index in [-0.39, 0.29) is 11.7 Å². The molecule has 0 amide bonds. The maximum absolute atomic E-state index is 6.36. The van der Waals surface area contributed by atoms with Gasteiger partial charge in [-0.2, -0.15) is 0 Å². The molecule has 1 heterocycles. The van der Waals surface area contributed by atoms with Crippen LogP contribution in [0, 0.1) is 0 Å². The van der Waals surface area contributed by atoms with Gasteiger partial charge in [0.2, 0.25) is 0 Å². The molecule has 22 heavy (non-hydrogen) atoms. The average molecular weight is 294 g/mol. The molecule has 1 aromatic heterocycles. The summed E-state index contributed by atoms with van der Waals surface area (Å²) in [5.74, 6) is 0. The molecule has 1 atom stereocenters. The Hall–Kier alpha value is -2.13. The van der Waals surface area contributed by atoms with Crippen molar-refractivity contribution < 1.29 is 4.74 Å². The second kappa shape index (κ2) is 5.93. The van der Waals surface area contributed by atoms with E-state index in [1.807, 2.05) is 12.5 Å². The van der Waals surface area contributed by atoms with Gasteiger partial charge in [-0.3, -0.25) is 0 Å². The number of benzene rings is 2. The highest BCUT2D eigenvalue weighted by Crippen LogP contribution is 2.31. The van der Waals surface area contributed by atoms with Crippen molar-refractivity contribution >= 4 is 10.8 Å². The summed E-state index contributed by atoms with van der Waals surface area (Å²) in [5.41, 5.74) is 1.02. The Balaban J connectivity index is 2.03. The van der Waals surface area contributed by atoms with Gasteiger partial charge < -0.3 is 9.30 Å². The molecule has 0 radical (unpaired) electrons. The molecular formula is C19H22N2O. The number of ether oxygens (including phenoxy) is 1. The van der Waals surface area contributed by atoms with E-state index >= 15 is 0 Å². The van der Waals surface area contributed by atoms with Crippen LogP contribution in [0.15, 0.2) is 61.2 Å². The fraction of sp³-hybridized carbons (Fsp3) is 0.316. The Morgan fingerprint density at radius 1 is 1.09 bits per heavy atom. The van der Waals surface area contributed by atoms with Crippen molar-refractivity contribution in [3.05, 3.63) is 66.7 Å². The van der Waals surface area contributed by atoms with Crippen molar-refractivity contribution in [1.29, 1.82) is 0 Å². The summed E-state index contributed by atoms with van der Waals surface area (Å²) in [6.07, 6.45) is 5.60. The summed E-state index contributed by atoms with van der Waals surface area (Å²) in [7, 11) is 0. The Kier molecular flexibility index (Phi) is 3.99. The number of fused-ring (bicyclic) bond motifs is 1. The van der Waals surface area contributed by atoms with E-state index in [1.165, 1.54) is 16.3 Å². The molecule has 0 saturated carbocycles. The maximum Gasteiger partial charge on any atom is 0.102 e. The van der Waals surface area contributed by atoms with Crippen molar-refractivity contribution in [3.8, 4) is 0 Å². The fourth-order valence-corrected chi connectivity index (χ4v) is 2.74. The van der Waals surface area contributed by atoms with E-state index in [0.29, 0.717) is 0 Å². The number of hydrogen-bond acceptors (Lipinski definition) is 2. The van der Waals surface area contributed by atoms with Crippen LogP contribution in [0.4, 0.5) is 0 Å². The second-order valence-electron chi connectivity index (χ2n) is 6.55. The van der Waals surface area contributed by atoms with E-state index < -0.39 is 0 Å². The number of nitrogens with zero attached hydrogens (tertiary/aromatic N) is 2. The van der Waals surface area contributed by atoms with Gasteiger partial charge in [-0.05, 0) is 37.1 Å². The van der Waals surface area contributed by atoms with Crippen molar-refractivity contribution in [2.24, 2.45) is 0 Å². The van der Waals surface area contributed by atoms with Crippen LogP contribution in [0.25, 0.3) is 10.8 Å². The molecule has 3 nitrogen and oxygen atoms in total. The first-order valence-corrected chi connectivity index (χ1v) is 7.64. The van der Waals surface area contributed by atoms with Crippen LogP contribution in [-0.4, -0.2) is 15.2 Å². The monoisotopic (exact) mass is 294 g/mol.